The number of anilines is 2. The van der Waals surface area contributed by atoms with E-state index in [9.17, 15) is 9.59 Å². The lowest BCUT2D eigenvalue weighted by atomic mass is 9.85. The number of hydrogen-bond acceptors (Lipinski definition) is 9. The fraction of sp³-hybridized carbons (Fsp3) is 0.421. The van der Waals surface area contributed by atoms with Gasteiger partial charge in [0.05, 0.1) is 24.3 Å². The van der Waals surface area contributed by atoms with Gasteiger partial charge in [-0.25, -0.2) is 14.4 Å². The van der Waals surface area contributed by atoms with Crippen molar-refractivity contribution in [1.29, 1.82) is 5.41 Å². The molecule has 2 aromatic carbocycles. The van der Waals surface area contributed by atoms with Crippen LogP contribution in [0.4, 0.5) is 15.8 Å². The molecule has 4 heterocycles. The maximum Gasteiger partial charge on any atom is 0.236 e. The third-order valence-electron chi connectivity index (χ3n) is 9.73. The van der Waals surface area contributed by atoms with Crippen molar-refractivity contribution in [1.82, 2.24) is 29.5 Å². The van der Waals surface area contributed by atoms with E-state index in [0.29, 0.717) is 78.9 Å². The Kier molecular flexibility index (Phi) is 10.5. The Morgan fingerprint density at radius 1 is 1.08 bits per heavy atom. The Labute approximate surface area is 297 Å². The summed E-state index contributed by atoms with van der Waals surface area (Å²) < 4.78 is 23.3. The van der Waals surface area contributed by atoms with Gasteiger partial charge in [0.25, 0.3) is 0 Å². The number of benzene rings is 2. The molecule has 0 bridgehead atoms. The molecule has 1 unspecified atom stereocenters. The van der Waals surface area contributed by atoms with Crippen molar-refractivity contribution >= 4 is 28.9 Å². The van der Waals surface area contributed by atoms with Crippen LogP contribution in [0.25, 0.3) is 11.4 Å². The lowest BCUT2D eigenvalue weighted by Gasteiger charge is -2.37. The molecule has 12 nitrogen and oxygen atoms in total. The summed E-state index contributed by atoms with van der Waals surface area (Å²) >= 11 is 0. The molecule has 51 heavy (non-hydrogen) atoms. The van der Waals surface area contributed by atoms with E-state index in [1.54, 1.807) is 76.5 Å². The summed E-state index contributed by atoms with van der Waals surface area (Å²) in [7, 11) is 1.80. The number of halogens is 1. The van der Waals surface area contributed by atoms with Crippen molar-refractivity contribution < 1.29 is 18.7 Å². The van der Waals surface area contributed by atoms with E-state index in [1.807, 2.05) is 37.8 Å². The first-order valence-electron chi connectivity index (χ1n) is 17.5. The Balaban J connectivity index is 1.03. The van der Waals surface area contributed by atoms with Crippen LogP contribution in [-0.2, 0) is 22.3 Å². The Bertz CT molecular complexity index is 1870. The van der Waals surface area contributed by atoms with Crippen molar-refractivity contribution in [3.05, 3.63) is 83.8 Å². The van der Waals surface area contributed by atoms with Crippen LogP contribution in [0.1, 0.15) is 56.7 Å². The van der Waals surface area contributed by atoms with Crippen molar-refractivity contribution in [2.45, 2.75) is 51.8 Å². The van der Waals surface area contributed by atoms with Gasteiger partial charge < -0.3 is 20.3 Å². The van der Waals surface area contributed by atoms with Crippen molar-refractivity contribution in [3.63, 3.8) is 0 Å². The van der Waals surface area contributed by atoms with Crippen LogP contribution in [0.2, 0.25) is 0 Å². The fourth-order valence-electron chi connectivity index (χ4n) is 6.87. The molecule has 0 aliphatic carbocycles. The molecule has 2 aliphatic heterocycles. The monoisotopic (exact) mass is 695 g/mol. The third kappa shape index (κ3) is 7.93. The highest BCUT2D eigenvalue weighted by molar-refractivity contribution is 6.14. The number of likely N-dealkylation sites (tertiary alicyclic amines) is 2. The minimum atomic E-state index is -1.51. The van der Waals surface area contributed by atoms with Crippen LogP contribution < -0.4 is 15.4 Å². The maximum absolute atomic E-state index is 16.1. The van der Waals surface area contributed by atoms with E-state index < -0.39 is 5.67 Å². The van der Waals surface area contributed by atoms with Gasteiger partial charge in [0, 0.05) is 86.4 Å². The van der Waals surface area contributed by atoms with Gasteiger partial charge in [-0.05, 0) is 63.6 Å². The number of amides is 2. The molecule has 2 saturated heterocycles. The summed E-state index contributed by atoms with van der Waals surface area (Å²) in [5.41, 5.74) is 8.60. The number of ether oxygens (including phenoxy) is 1. The van der Waals surface area contributed by atoms with Crippen LogP contribution in [0.15, 0.2) is 67.1 Å². The molecule has 3 N–H and O–H groups in total. The number of alkyl halides is 1. The average molecular weight is 696 g/mol. The van der Waals surface area contributed by atoms with E-state index in [0.717, 1.165) is 5.56 Å². The molecule has 0 radical (unpaired) electrons. The lowest BCUT2D eigenvalue weighted by Crippen LogP contribution is -2.47. The highest BCUT2D eigenvalue weighted by Gasteiger charge is 2.39. The molecular formula is C38H46FN9O3. The predicted octanol–water partition coefficient (Wildman–Crippen LogP) is 4.82. The Morgan fingerprint density at radius 3 is 2.45 bits per heavy atom. The number of nitrogens with one attached hydrogen (secondary N) is 1. The minimum absolute atomic E-state index is 0.0131. The predicted molar refractivity (Wildman–Crippen MR) is 194 cm³/mol. The summed E-state index contributed by atoms with van der Waals surface area (Å²) in [6.45, 7) is 8.15. The second-order valence-electron chi connectivity index (χ2n) is 13.7. The first-order valence-corrected chi connectivity index (χ1v) is 17.5. The van der Waals surface area contributed by atoms with Crippen LogP contribution >= 0.6 is 0 Å². The van der Waals surface area contributed by atoms with Crippen LogP contribution in [0.3, 0.4) is 0 Å². The van der Waals surface area contributed by atoms with Gasteiger partial charge in [-0.2, -0.15) is 5.10 Å². The molecule has 268 valence electrons. The fourth-order valence-corrected chi connectivity index (χ4v) is 6.87. The number of nitrogens with zero attached hydrogens (tertiary/aromatic N) is 7. The maximum atomic E-state index is 16.1. The van der Waals surface area contributed by atoms with Crippen LogP contribution in [0.5, 0.6) is 5.88 Å². The number of piperidine rings is 1. The first kappa shape index (κ1) is 35.6. The van der Waals surface area contributed by atoms with Gasteiger partial charge in [0.2, 0.25) is 17.7 Å². The third-order valence-corrected chi connectivity index (χ3v) is 9.73. The van der Waals surface area contributed by atoms with Gasteiger partial charge in [-0.3, -0.25) is 24.6 Å². The second-order valence-corrected chi connectivity index (χ2v) is 13.7. The van der Waals surface area contributed by atoms with Gasteiger partial charge in [-0.15, -0.1) is 0 Å². The number of aromatic nitrogens is 4. The Morgan fingerprint density at radius 2 is 1.82 bits per heavy atom. The summed E-state index contributed by atoms with van der Waals surface area (Å²) in [4.78, 5) is 41.2. The second kappa shape index (κ2) is 15.0. The van der Waals surface area contributed by atoms with Crippen LogP contribution in [0, 0.1) is 11.3 Å². The normalized spacial score (nSPS) is 17.5. The number of rotatable bonds is 11. The largest absolute Gasteiger partial charge is 0.475 e. The topological polar surface area (TPSA) is 147 Å². The van der Waals surface area contributed by atoms with Gasteiger partial charge in [0.15, 0.2) is 5.82 Å². The summed E-state index contributed by atoms with van der Waals surface area (Å²) in [5, 5.41) is 13.1. The van der Waals surface area contributed by atoms with E-state index in [1.165, 1.54) is 0 Å². The van der Waals surface area contributed by atoms with Crippen molar-refractivity contribution in [2.24, 2.45) is 13.0 Å². The molecule has 2 aromatic heterocycles. The molecular weight excluding hydrogens is 649 g/mol. The number of nitrogen functional groups attached to an aromatic ring is 1. The summed E-state index contributed by atoms with van der Waals surface area (Å²) in [6.07, 6.45) is 4.28. The van der Waals surface area contributed by atoms with E-state index in [-0.39, 0.29) is 48.9 Å². The number of hydrogen-bond donors (Lipinski definition) is 2. The SMILES string of the molecule is CCN(C(=O)C1CCN(CC(=O)N2CCC(F)(c3ccc(-c4ncn(C)n4)cc3)CC2)C1)c1ccc(N)c(C(=N)c2ccc(OC(C)C)nc2)c1. The molecule has 2 aliphatic rings. The highest BCUT2D eigenvalue weighted by atomic mass is 19.1. The standard InChI is InChI=1S/C38H46FN9O3/c1-5-48(30-11-12-32(40)31(20-30)35(41)27-8-13-33(42-21-27)51-25(2)3)37(50)28-14-17-46(22-28)23-34(49)47-18-15-38(39,16-19-47)29-9-6-26(7-10-29)36-43-24-45(4)44-36/h6-13,20-21,24-25,28,41H,5,14-19,22-23,40H2,1-4H3. The summed E-state index contributed by atoms with van der Waals surface area (Å²) in [6, 6.07) is 16.1. The number of aryl methyl sites for hydroxylation is 1. The summed E-state index contributed by atoms with van der Waals surface area (Å²) in [5.74, 6) is 0.717. The van der Waals surface area contributed by atoms with Crippen molar-refractivity contribution in [2.75, 3.05) is 49.9 Å². The molecule has 6 rings (SSSR count). The minimum Gasteiger partial charge on any atom is -0.475 e. The van der Waals surface area contributed by atoms with E-state index in [2.05, 4.69) is 15.1 Å². The van der Waals surface area contributed by atoms with Crippen LogP contribution in [-0.4, -0.2) is 92.4 Å². The van der Waals surface area contributed by atoms with E-state index in [4.69, 9.17) is 15.9 Å². The van der Waals surface area contributed by atoms with Gasteiger partial charge in [-0.1, -0.05) is 24.3 Å². The molecule has 4 aromatic rings. The zero-order chi connectivity index (χ0) is 36.3. The Hall–Kier alpha value is -5.17. The number of carbonyl (C=O) groups is 2. The number of pyridine rings is 1. The quantitative estimate of drug-likeness (QED) is 0.168. The smallest absolute Gasteiger partial charge is 0.236 e. The van der Waals surface area contributed by atoms with E-state index >= 15 is 4.39 Å². The zero-order valence-corrected chi connectivity index (χ0v) is 29.7. The molecule has 2 amide bonds. The molecule has 2 fully saturated rings. The number of nitrogens with two attached hydrogens (primary N) is 1. The lowest BCUT2D eigenvalue weighted by molar-refractivity contribution is -0.135. The van der Waals surface area contributed by atoms with Gasteiger partial charge in [0.1, 0.15) is 12.0 Å². The molecule has 0 saturated carbocycles. The zero-order valence-electron chi connectivity index (χ0n) is 29.7. The molecule has 1 atom stereocenters. The molecule has 13 heteroatoms. The van der Waals surface area contributed by atoms with Gasteiger partial charge >= 0.3 is 0 Å². The average Bonchev–Trinajstić information content (AvgIpc) is 3.78. The number of carbonyl (C=O) groups excluding carboxylic acids is 2. The highest BCUT2D eigenvalue weighted by Crippen LogP contribution is 2.38. The molecule has 0 spiro atoms. The first-order chi connectivity index (χ1) is 24.4. The van der Waals surface area contributed by atoms with Crippen molar-refractivity contribution in [3.8, 4) is 17.3 Å².